The zero-order valence-corrected chi connectivity index (χ0v) is 24.3. The molecule has 0 unspecified atom stereocenters. The van der Waals surface area contributed by atoms with Crippen LogP contribution in [0.25, 0.3) is 22.3 Å². The molecule has 0 aliphatic carbocycles. The summed E-state index contributed by atoms with van der Waals surface area (Å²) in [6.07, 6.45) is 2.03. The number of aliphatic hydroxyl groups excluding tert-OH is 1. The number of benzene rings is 2. The van der Waals surface area contributed by atoms with E-state index in [1.807, 2.05) is 11.9 Å². The Morgan fingerprint density at radius 2 is 1.55 bits per heavy atom. The zero-order valence-electron chi connectivity index (χ0n) is 21.2. The number of likely N-dealkylation sites (N-methyl/N-ethyl adjacent to an activating group) is 1. The van der Waals surface area contributed by atoms with Crippen LogP contribution in [0.15, 0.2) is 33.5 Å². The van der Waals surface area contributed by atoms with Crippen molar-refractivity contribution < 1.29 is 50.1 Å². The molecule has 5 N–H and O–H groups in total. The van der Waals surface area contributed by atoms with Crippen LogP contribution < -0.4 is 5.43 Å². The Morgan fingerprint density at radius 1 is 1.00 bits per heavy atom. The fourth-order valence-electron chi connectivity index (χ4n) is 4.14. The maximum atomic E-state index is 14.0. The van der Waals surface area contributed by atoms with Crippen LogP contribution in [0.4, 0.5) is 4.39 Å². The van der Waals surface area contributed by atoms with Crippen molar-refractivity contribution in [2.24, 2.45) is 0 Å². The number of hydrogen-bond acceptors (Lipinski definition) is 10. The van der Waals surface area contributed by atoms with Crippen molar-refractivity contribution in [1.29, 1.82) is 0 Å². The van der Waals surface area contributed by atoms with Crippen LogP contribution >= 0.6 is 23.2 Å². The number of aromatic hydroxyl groups is 2. The Balaban J connectivity index is 0.000000482. The fourth-order valence-corrected chi connectivity index (χ4v) is 4.61. The molecule has 17 heteroatoms. The SMILES string of the molecule is CN1CC[C@@H](c2c(O)cc(O)c3c(=O)cc(-c4cc(F)c(Cl)cc4Cl)oc23)[C@@H]1CO.CS(=O)(=O)O.CS(=O)(=O)O. The third-order valence-corrected chi connectivity index (χ3v) is 6.26. The fraction of sp³-hybridized carbons (Fsp3) is 0.348. The molecule has 0 bridgehead atoms. The van der Waals surface area contributed by atoms with Crippen molar-refractivity contribution in [1.82, 2.24) is 4.90 Å². The van der Waals surface area contributed by atoms with Crippen LogP contribution in [0.5, 0.6) is 11.5 Å². The average molecular weight is 646 g/mol. The van der Waals surface area contributed by atoms with E-state index in [1.165, 1.54) is 6.07 Å². The first-order valence-corrected chi connectivity index (χ1v) is 15.5. The van der Waals surface area contributed by atoms with Crippen molar-refractivity contribution >= 4 is 54.4 Å². The van der Waals surface area contributed by atoms with Gasteiger partial charge in [0, 0.05) is 35.2 Å². The van der Waals surface area contributed by atoms with Gasteiger partial charge in [0.2, 0.25) is 0 Å². The molecule has 3 aromatic rings. The van der Waals surface area contributed by atoms with Crippen molar-refractivity contribution in [3.05, 3.63) is 55.9 Å². The zero-order chi connectivity index (χ0) is 30.7. The number of hydrogen-bond donors (Lipinski definition) is 5. The van der Waals surface area contributed by atoms with E-state index in [1.54, 1.807) is 0 Å². The van der Waals surface area contributed by atoms with Crippen LogP contribution in [-0.2, 0) is 20.2 Å². The number of nitrogens with zero attached hydrogens (tertiary/aromatic N) is 1. The minimum Gasteiger partial charge on any atom is -0.507 e. The molecular formula is C23H26Cl2FNO11S2. The quantitative estimate of drug-likeness (QED) is 0.206. The highest BCUT2D eigenvalue weighted by Crippen LogP contribution is 2.44. The summed E-state index contributed by atoms with van der Waals surface area (Å²) in [5, 5.41) is 30.5. The molecular weight excluding hydrogens is 620 g/mol. The number of fused-ring (bicyclic) bond motifs is 1. The molecule has 1 aromatic heterocycles. The van der Waals surface area contributed by atoms with Crippen molar-refractivity contribution in [2.45, 2.75) is 18.4 Å². The Kier molecular flexibility index (Phi) is 10.9. The second kappa shape index (κ2) is 13.0. The third-order valence-electron chi connectivity index (χ3n) is 5.65. The summed E-state index contributed by atoms with van der Waals surface area (Å²) >= 11 is 11.9. The van der Waals surface area contributed by atoms with Gasteiger partial charge < -0.3 is 24.6 Å². The summed E-state index contributed by atoms with van der Waals surface area (Å²) < 4.78 is 71.7. The average Bonchev–Trinajstić information content (AvgIpc) is 3.13. The lowest BCUT2D eigenvalue weighted by Gasteiger charge is -2.24. The molecule has 2 atom stereocenters. The predicted molar refractivity (Wildman–Crippen MR) is 147 cm³/mol. The van der Waals surface area contributed by atoms with Gasteiger partial charge in [-0.05, 0) is 32.1 Å². The molecule has 2 heterocycles. The highest BCUT2D eigenvalue weighted by Gasteiger charge is 2.36. The predicted octanol–water partition coefficient (Wildman–Crippen LogP) is 3.11. The number of likely N-dealkylation sites (tertiary alicyclic amines) is 1. The van der Waals surface area contributed by atoms with Gasteiger partial charge in [-0.25, -0.2) is 4.39 Å². The summed E-state index contributed by atoms with van der Waals surface area (Å²) in [5.41, 5.74) is -0.201. The van der Waals surface area contributed by atoms with E-state index in [0.29, 0.717) is 31.0 Å². The van der Waals surface area contributed by atoms with Crippen LogP contribution in [0.3, 0.4) is 0 Å². The van der Waals surface area contributed by atoms with Crippen molar-refractivity contribution in [3.8, 4) is 22.8 Å². The number of phenolic OH excluding ortho intramolecular Hbond substituents is 2. The maximum absolute atomic E-state index is 14.0. The van der Waals surface area contributed by atoms with E-state index < -0.39 is 37.2 Å². The van der Waals surface area contributed by atoms with Gasteiger partial charge in [0.15, 0.2) is 5.43 Å². The summed E-state index contributed by atoms with van der Waals surface area (Å²) in [6, 6.07) is 4.13. The normalized spacial score (nSPS) is 17.6. The van der Waals surface area contributed by atoms with E-state index in [-0.39, 0.29) is 56.7 Å². The van der Waals surface area contributed by atoms with E-state index in [9.17, 15) is 41.3 Å². The van der Waals surface area contributed by atoms with Crippen LogP contribution in [-0.4, -0.2) is 84.9 Å². The number of phenols is 2. The lowest BCUT2D eigenvalue weighted by molar-refractivity contribution is 0.172. The Morgan fingerprint density at radius 3 is 2.08 bits per heavy atom. The van der Waals surface area contributed by atoms with Gasteiger partial charge in [0.1, 0.15) is 34.0 Å². The van der Waals surface area contributed by atoms with Gasteiger partial charge in [0.05, 0.1) is 29.2 Å². The van der Waals surface area contributed by atoms with Gasteiger partial charge in [-0.1, -0.05) is 23.2 Å². The third kappa shape index (κ3) is 9.01. The highest BCUT2D eigenvalue weighted by atomic mass is 35.5. The second-order valence-electron chi connectivity index (χ2n) is 8.85. The minimum atomic E-state index is -3.67. The molecule has 40 heavy (non-hydrogen) atoms. The van der Waals surface area contributed by atoms with Crippen molar-refractivity contribution in [2.75, 3.05) is 32.7 Å². The number of rotatable bonds is 3. The van der Waals surface area contributed by atoms with Crippen LogP contribution in [0.2, 0.25) is 10.0 Å². The number of halogens is 3. The monoisotopic (exact) mass is 645 g/mol. The Hall–Kier alpha value is -2.50. The van der Waals surface area contributed by atoms with Gasteiger partial charge in [-0.2, -0.15) is 16.8 Å². The standard InChI is InChI=1S/C21H18Cl2FNO5.2CH4O3S/c1-25-3-2-9(14(25)8-26)19-15(27)6-16(28)20-17(29)7-18(30-21(19)20)10-4-13(24)12(23)5-11(10)22;2*1-5(2,3)4/h4-7,9,14,26-28H,2-3,8H2,1H3;2*1H3,(H,2,3,4)/t9-,14+;;/m1../s1. The molecule has 1 aliphatic rings. The van der Waals surface area contributed by atoms with E-state index in [4.69, 9.17) is 36.7 Å². The van der Waals surface area contributed by atoms with Crippen LogP contribution in [0.1, 0.15) is 17.9 Å². The molecule has 4 rings (SSSR count). The molecule has 12 nitrogen and oxygen atoms in total. The largest absolute Gasteiger partial charge is 0.507 e. The number of aliphatic hydroxyl groups is 1. The topological polar surface area (TPSA) is 203 Å². The van der Waals surface area contributed by atoms with Gasteiger partial charge in [-0.15, -0.1) is 0 Å². The summed E-state index contributed by atoms with van der Waals surface area (Å²) in [7, 11) is -5.49. The molecule has 0 saturated carbocycles. The lowest BCUT2D eigenvalue weighted by Crippen LogP contribution is -2.32. The molecule has 1 aliphatic heterocycles. The van der Waals surface area contributed by atoms with Gasteiger partial charge >= 0.3 is 0 Å². The highest BCUT2D eigenvalue weighted by molar-refractivity contribution is 7.85. The molecule has 1 saturated heterocycles. The van der Waals surface area contributed by atoms with E-state index in [0.717, 1.165) is 18.2 Å². The molecule has 222 valence electrons. The smallest absolute Gasteiger partial charge is 0.261 e. The molecule has 1 fully saturated rings. The summed E-state index contributed by atoms with van der Waals surface area (Å²) in [5.74, 6) is -1.82. The van der Waals surface area contributed by atoms with Gasteiger partial charge in [-0.3, -0.25) is 13.9 Å². The lowest BCUT2D eigenvalue weighted by atomic mass is 9.89. The first-order valence-electron chi connectivity index (χ1n) is 11.1. The Bertz CT molecular complexity index is 1630. The minimum absolute atomic E-state index is 0.0276. The molecule has 0 spiro atoms. The molecule has 0 radical (unpaired) electrons. The Labute approximate surface area is 238 Å². The maximum Gasteiger partial charge on any atom is 0.261 e. The summed E-state index contributed by atoms with van der Waals surface area (Å²) in [4.78, 5) is 14.8. The second-order valence-corrected chi connectivity index (χ2v) is 12.6. The molecule has 0 amide bonds. The summed E-state index contributed by atoms with van der Waals surface area (Å²) in [6.45, 7) is 0.497. The van der Waals surface area contributed by atoms with E-state index in [2.05, 4.69) is 0 Å². The van der Waals surface area contributed by atoms with Crippen molar-refractivity contribution in [3.63, 3.8) is 0 Å². The van der Waals surface area contributed by atoms with Gasteiger partial charge in [0.25, 0.3) is 20.2 Å². The molecule has 2 aromatic carbocycles. The van der Waals surface area contributed by atoms with E-state index >= 15 is 0 Å². The van der Waals surface area contributed by atoms with Crippen LogP contribution in [0, 0.1) is 5.82 Å². The first-order chi connectivity index (χ1) is 18.2. The first kappa shape index (κ1) is 33.7.